The summed E-state index contributed by atoms with van der Waals surface area (Å²) < 4.78 is 26.6. The van der Waals surface area contributed by atoms with E-state index in [9.17, 15) is 8.42 Å². The monoisotopic (exact) mass is 261 g/mol. The Morgan fingerprint density at radius 3 is 2.31 bits per heavy atom. The molecular weight excluding hydrogens is 246 g/mol. The Labute approximate surface area is 102 Å². The van der Waals surface area contributed by atoms with Crippen LogP contribution in [-0.4, -0.2) is 14.0 Å². The lowest BCUT2D eigenvalue weighted by atomic mass is 10.1. The predicted molar refractivity (Wildman–Crippen MR) is 66.3 cm³/mol. The molecule has 1 aromatic rings. The average molecular weight is 262 g/mol. The Bertz CT molecular complexity index is 489. The summed E-state index contributed by atoms with van der Waals surface area (Å²) >= 11 is 5.89. The summed E-state index contributed by atoms with van der Waals surface area (Å²) in [5.41, 5.74) is 0.338. The fraction of sp³-hybridized carbons (Fsp3) is 0.455. The third kappa shape index (κ3) is 3.47. The van der Waals surface area contributed by atoms with E-state index < -0.39 is 15.6 Å². The number of halogens is 1. The van der Waals surface area contributed by atoms with Gasteiger partial charge in [0.05, 0.1) is 5.02 Å². The zero-order valence-corrected chi connectivity index (χ0v) is 11.4. The SMILES string of the molecule is Cc1ccc(Cl)c(S(=O)(=O)NC(C)(C)C)c1. The zero-order chi connectivity index (χ0) is 12.6. The van der Waals surface area contributed by atoms with E-state index in [0.717, 1.165) is 5.56 Å². The van der Waals surface area contributed by atoms with Crippen molar-refractivity contribution in [3.05, 3.63) is 28.8 Å². The molecule has 0 atom stereocenters. The first-order valence-electron chi connectivity index (χ1n) is 4.92. The molecule has 0 aliphatic carbocycles. The molecule has 5 heteroatoms. The summed E-state index contributed by atoms with van der Waals surface area (Å²) in [5.74, 6) is 0. The standard InChI is InChI=1S/C11H16ClNO2S/c1-8-5-6-9(12)10(7-8)16(14,15)13-11(2,3)4/h5-7,13H,1-4H3. The molecule has 3 nitrogen and oxygen atoms in total. The summed E-state index contributed by atoms with van der Waals surface area (Å²) in [7, 11) is -3.55. The number of hydrogen-bond acceptors (Lipinski definition) is 2. The Hall–Kier alpha value is -0.580. The Kier molecular flexibility index (Phi) is 3.67. The summed E-state index contributed by atoms with van der Waals surface area (Å²) in [6.45, 7) is 7.18. The van der Waals surface area contributed by atoms with E-state index in [1.165, 1.54) is 0 Å². The van der Waals surface area contributed by atoms with Crippen LogP contribution in [-0.2, 0) is 10.0 Å². The van der Waals surface area contributed by atoms with E-state index in [1.54, 1.807) is 39.0 Å². The third-order valence-electron chi connectivity index (χ3n) is 1.82. The van der Waals surface area contributed by atoms with Crippen molar-refractivity contribution in [2.45, 2.75) is 38.1 Å². The highest BCUT2D eigenvalue weighted by atomic mass is 35.5. The number of nitrogens with one attached hydrogen (secondary N) is 1. The fourth-order valence-corrected chi connectivity index (χ4v) is 3.28. The van der Waals surface area contributed by atoms with Gasteiger partial charge in [-0.15, -0.1) is 0 Å². The molecule has 0 radical (unpaired) electrons. The minimum Gasteiger partial charge on any atom is -0.207 e. The lowest BCUT2D eigenvalue weighted by Gasteiger charge is -2.20. The van der Waals surface area contributed by atoms with Gasteiger partial charge in [-0.2, -0.15) is 0 Å². The molecule has 16 heavy (non-hydrogen) atoms. The van der Waals surface area contributed by atoms with Gasteiger partial charge in [-0.05, 0) is 45.4 Å². The molecule has 0 amide bonds. The van der Waals surface area contributed by atoms with Gasteiger partial charge in [-0.1, -0.05) is 17.7 Å². The largest absolute Gasteiger partial charge is 0.242 e. The summed E-state index contributed by atoms with van der Waals surface area (Å²) in [4.78, 5) is 0.129. The molecule has 0 heterocycles. The van der Waals surface area contributed by atoms with Gasteiger partial charge in [0.1, 0.15) is 4.90 Å². The van der Waals surface area contributed by atoms with Gasteiger partial charge < -0.3 is 0 Å². The van der Waals surface area contributed by atoms with Crippen LogP contribution in [0.25, 0.3) is 0 Å². The number of hydrogen-bond donors (Lipinski definition) is 1. The lowest BCUT2D eigenvalue weighted by Crippen LogP contribution is -2.40. The molecule has 1 N–H and O–H groups in total. The first-order chi connectivity index (χ1) is 7.12. The van der Waals surface area contributed by atoms with Crippen LogP contribution < -0.4 is 4.72 Å². The molecule has 1 rings (SSSR count). The maximum absolute atomic E-state index is 12.0. The van der Waals surface area contributed by atoms with Gasteiger partial charge in [0.25, 0.3) is 0 Å². The molecule has 1 aromatic carbocycles. The van der Waals surface area contributed by atoms with Crippen LogP contribution in [0.4, 0.5) is 0 Å². The molecule has 0 aromatic heterocycles. The van der Waals surface area contributed by atoms with Crippen molar-refractivity contribution in [2.24, 2.45) is 0 Å². The first-order valence-corrected chi connectivity index (χ1v) is 6.78. The lowest BCUT2D eigenvalue weighted by molar-refractivity contribution is 0.491. The Morgan fingerprint density at radius 2 is 1.81 bits per heavy atom. The van der Waals surface area contributed by atoms with Gasteiger partial charge >= 0.3 is 0 Å². The van der Waals surface area contributed by atoms with Crippen LogP contribution in [0.5, 0.6) is 0 Å². The van der Waals surface area contributed by atoms with Gasteiger partial charge in [0.15, 0.2) is 0 Å². The third-order valence-corrected chi connectivity index (χ3v) is 4.06. The van der Waals surface area contributed by atoms with Crippen molar-refractivity contribution in [1.29, 1.82) is 0 Å². The topological polar surface area (TPSA) is 46.2 Å². The normalized spacial score (nSPS) is 12.8. The van der Waals surface area contributed by atoms with Crippen molar-refractivity contribution in [3.8, 4) is 0 Å². The van der Waals surface area contributed by atoms with Crippen LogP contribution in [0.2, 0.25) is 5.02 Å². The minimum absolute atomic E-state index is 0.129. The van der Waals surface area contributed by atoms with Crippen LogP contribution >= 0.6 is 11.6 Å². The molecule has 0 spiro atoms. The smallest absolute Gasteiger partial charge is 0.207 e. The van der Waals surface area contributed by atoms with Gasteiger partial charge in [-0.25, -0.2) is 13.1 Å². The summed E-state index contributed by atoms with van der Waals surface area (Å²) in [6, 6.07) is 4.93. The maximum Gasteiger partial charge on any atom is 0.242 e. The summed E-state index contributed by atoms with van der Waals surface area (Å²) in [5, 5.41) is 0.238. The second-order valence-corrected chi connectivity index (χ2v) is 6.85. The number of benzene rings is 1. The van der Waals surface area contributed by atoms with E-state index in [0.29, 0.717) is 0 Å². The molecule has 0 fully saturated rings. The number of sulfonamides is 1. The highest BCUT2D eigenvalue weighted by molar-refractivity contribution is 7.89. The van der Waals surface area contributed by atoms with E-state index in [4.69, 9.17) is 11.6 Å². The predicted octanol–water partition coefficient (Wildman–Crippen LogP) is 2.73. The fourth-order valence-electron chi connectivity index (χ4n) is 1.27. The molecule has 0 aliphatic heterocycles. The van der Waals surface area contributed by atoms with Gasteiger partial charge in [-0.3, -0.25) is 0 Å². The van der Waals surface area contributed by atoms with Crippen LogP contribution in [0.3, 0.4) is 0 Å². The van der Waals surface area contributed by atoms with Crippen LogP contribution in [0.1, 0.15) is 26.3 Å². The minimum atomic E-state index is -3.55. The Balaban J connectivity index is 3.22. The second kappa shape index (κ2) is 4.35. The molecule has 0 unspecified atom stereocenters. The quantitative estimate of drug-likeness (QED) is 0.890. The Morgan fingerprint density at radius 1 is 1.25 bits per heavy atom. The van der Waals surface area contributed by atoms with Crippen molar-refractivity contribution in [3.63, 3.8) is 0 Å². The van der Waals surface area contributed by atoms with Crippen molar-refractivity contribution >= 4 is 21.6 Å². The second-order valence-electron chi connectivity index (χ2n) is 4.79. The highest BCUT2D eigenvalue weighted by Gasteiger charge is 2.24. The van der Waals surface area contributed by atoms with E-state index in [1.807, 2.05) is 6.92 Å². The zero-order valence-electron chi connectivity index (χ0n) is 9.83. The van der Waals surface area contributed by atoms with Crippen molar-refractivity contribution in [1.82, 2.24) is 4.72 Å². The van der Waals surface area contributed by atoms with Gasteiger partial charge in [0, 0.05) is 5.54 Å². The summed E-state index contributed by atoms with van der Waals surface area (Å²) in [6.07, 6.45) is 0. The van der Waals surface area contributed by atoms with Crippen molar-refractivity contribution < 1.29 is 8.42 Å². The molecule has 0 bridgehead atoms. The highest BCUT2D eigenvalue weighted by Crippen LogP contribution is 2.23. The molecule has 0 saturated heterocycles. The molecule has 0 aliphatic rings. The molecular formula is C11H16ClNO2S. The van der Waals surface area contributed by atoms with E-state index in [2.05, 4.69) is 4.72 Å². The first kappa shape index (κ1) is 13.5. The van der Waals surface area contributed by atoms with E-state index in [-0.39, 0.29) is 9.92 Å². The molecule has 90 valence electrons. The van der Waals surface area contributed by atoms with Crippen LogP contribution in [0.15, 0.2) is 23.1 Å². The number of aryl methyl sites for hydroxylation is 1. The van der Waals surface area contributed by atoms with E-state index >= 15 is 0 Å². The average Bonchev–Trinajstić information content (AvgIpc) is 2.04. The van der Waals surface area contributed by atoms with Gasteiger partial charge in [0.2, 0.25) is 10.0 Å². The number of rotatable bonds is 2. The maximum atomic E-state index is 12.0. The molecule has 0 saturated carbocycles. The van der Waals surface area contributed by atoms with Crippen molar-refractivity contribution in [2.75, 3.05) is 0 Å². The van der Waals surface area contributed by atoms with Crippen LogP contribution in [0, 0.1) is 6.92 Å².